The summed E-state index contributed by atoms with van der Waals surface area (Å²) in [6.07, 6.45) is -8.23. The molecule has 0 saturated carbocycles. The van der Waals surface area contributed by atoms with E-state index >= 15 is 0 Å². The molecule has 1 nitrogen and oxygen atoms in total. The zero-order valence-corrected chi connectivity index (χ0v) is 12.6. The Morgan fingerprint density at radius 1 is 0.400 bits per heavy atom. The van der Waals surface area contributed by atoms with Crippen LogP contribution in [-0.2, 0) is 0 Å². The maximum atomic E-state index is 14.4. The summed E-state index contributed by atoms with van der Waals surface area (Å²) in [7, 11) is 0. The number of alkyl halides is 19. The molecule has 2 atom stereocenters. The normalized spacial score (nSPS) is 40.5. The van der Waals surface area contributed by atoms with Crippen molar-refractivity contribution in [2.45, 2.75) is 59.3 Å². The van der Waals surface area contributed by atoms with Crippen LogP contribution in [-0.4, -0.2) is 64.2 Å². The number of rotatable bonds is 0. The predicted octanol–water partition coefficient (Wildman–Crippen LogP) is 5.61. The van der Waals surface area contributed by atoms with Gasteiger partial charge in [0.2, 0.25) is 0 Å². The average Bonchev–Trinajstić information content (AvgIpc) is 2.48. The minimum atomic E-state index is -8.66. The topological polar surface area (TPSA) is 3.24 Å². The van der Waals surface area contributed by atoms with Crippen LogP contribution in [0.5, 0.6) is 0 Å². The van der Waals surface area contributed by atoms with Gasteiger partial charge in [0.1, 0.15) is 0 Å². The monoisotopic (exact) mass is 495 g/mol. The van der Waals surface area contributed by atoms with Crippen molar-refractivity contribution in [1.29, 1.82) is 0 Å². The summed E-state index contributed by atoms with van der Waals surface area (Å²) >= 11 is 0. The third kappa shape index (κ3) is 1.84. The van der Waals surface area contributed by atoms with Crippen molar-refractivity contribution >= 4 is 0 Å². The van der Waals surface area contributed by atoms with E-state index in [9.17, 15) is 83.4 Å². The molecule has 0 spiro atoms. The third-order valence-corrected chi connectivity index (χ3v) is 4.50. The van der Waals surface area contributed by atoms with E-state index in [0.29, 0.717) is 0 Å². The lowest BCUT2D eigenvalue weighted by Gasteiger charge is -2.63. The Morgan fingerprint density at radius 2 is 0.733 bits per heavy atom. The second-order valence-electron chi connectivity index (χ2n) is 6.07. The molecule has 2 unspecified atom stereocenters. The van der Waals surface area contributed by atoms with Gasteiger partial charge in [-0.05, 0) is 0 Å². The molecule has 2 saturated heterocycles. The first kappa shape index (κ1) is 24.9. The number of nitrogens with zero attached hydrogens (tertiary/aromatic N) is 1. The largest absolute Gasteiger partial charge is 0.435 e. The molecule has 2 aliphatic rings. The fourth-order valence-corrected chi connectivity index (χ4v) is 2.90. The number of hydrogen-bond donors (Lipinski definition) is 0. The highest BCUT2D eigenvalue weighted by Crippen LogP contribution is 2.77. The highest BCUT2D eigenvalue weighted by atomic mass is 19.4. The summed E-state index contributed by atoms with van der Waals surface area (Å²) in [6.45, 7) is 0. The molecule has 0 aromatic rings. The second kappa shape index (κ2) is 5.16. The van der Waals surface area contributed by atoms with E-state index in [4.69, 9.17) is 0 Å². The minimum absolute atomic E-state index is 4.53. The Bertz CT molecular complexity index is 749. The minimum Gasteiger partial charge on any atom is -0.219 e. The van der Waals surface area contributed by atoms with Crippen molar-refractivity contribution in [3.8, 4) is 0 Å². The summed E-state index contributed by atoms with van der Waals surface area (Å²) in [5.41, 5.74) is -8.57. The molecular weight excluding hydrogens is 495 g/mol. The van der Waals surface area contributed by atoms with Gasteiger partial charge in [-0.2, -0.15) is 74.6 Å². The summed E-state index contributed by atoms with van der Waals surface area (Å²) in [5.74, 6) is -50.3. The molecule has 2 heterocycles. The van der Waals surface area contributed by atoms with Gasteiger partial charge in [0.25, 0.3) is 0 Å². The Hall–Kier alpha value is -1.37. The fourth-order valence-electron chi connectivity index (χ4n) is 2.90. The lowest BCUT2D eigenvalue weighted by Crippen LogP contribution is -2.97. The van der Waals surface area contributed by atoms with Gasteiger partial charge < -0.3 is 0 Å². The zero-order valence-electron chi connectivity index (χ0n) is 12.6. The van der Waals surface area contributed by atoms with Crippen LogP contribution in [0.3, 0.4) is 0 Å². The summed E-state index contributed by atoms with van der Waals surface area (Å²) in [5, 5.41) is 0. The Kier molecular flexibility index (Phi) is 4.28. The average molecular weight is 495 g/mol. The molecule has 0 aromatic heterocycles. The molecular formula is C10F19N. The first-order valence-corrected chi connectivity index (χ1v) is 6.51. The van der Waals surface area contributed by atoms with E-state index in [1.165, 1.54) is 0 Å². The van der Waals surface area contributed by atoms with E-state index in [1.54, 1.807) is 0 Å². The Balaban J connectivity index is 3.20. The molecule has 0 amide bonds. The standard InChI is InChI=1S/C10F19N/c11-1(8(23,24)25)2(12,13)7(22)5(18,19)4(16,17)6(20,21)10(28,29)30(7)9(26,27)3(1,14)15. The van der Waals surface area contributed by atoms with Crippen LogP contribution in [0.4, 0.5) is 83.4 Å². The molecule has 0 N–H and O–H groups in total. The summed E-state index contributed by atoms with van der Waals surface area (Å²) in [6, 6.07) is -16.4. The number of halogens is 19. The number of hydrogen-bond acceptors (Lipinski definition) is 1. The fraction of sp³-hybridized carbons (Fsp3) is 1.00. The molecule has 2 fully saturated rings. The molecule has 2 rings (SSSR count). The predicted molar refractivity (Wildman–Crippen MR) is 50.2 cm³/mol. The maximum absolute atomic E-state index is 14.4. The summed E-state index contributed by atoms with van der Waals surface area (Å²) < 4.78 is 255. The summed E-state index contributed by atoms with van der Waals surface area (Å²) in [4.78, 5) is -4.53. The zero-order chi connectivity index (χ0) is 24.6. The maximum Gasteiger partial charge on any atom is 0.435 e. The van der Waals surface area contributed by atoms with Crippen molar-refractivity contribution < 1.29 is 83.4 Å². The molecule has 30 heavy (non-hydrogen) atoms. The van der Waals surface area contributed by atoms with E-state index in [0.717, 1.165) is 0 Å². The van der Waals surface area contributed by atoms with Gasteiger partial charge >= 0.3 is 59.3 Å². The second-order valence-corrected chi connectivity index (χ2v) is 6.07. The van der Waals surface area contributed by atoms with Gasteiger partial charge in [-0.1, -0.05) is 0 Å². The van der Waals surface area contributed by atoms with Gasteiger partial charge in [-0.15, -0.1) is 4.90 Å². The van der Waals surface area contributed by atoms with Crippen molar-refractivity contribution in [2.24, 2.45) is 0 Å². The Morgan fingerprint density at radius 3 is 1.07 bits per heavy atom. The van der Waals surface area contributed by atoms with E-state index in [2.05, 4.69) is 0 Å². The molecule has 2 aliphatic heterocycles. The highest BCUT2D eigenvalue weighted by Gasteiger charge is 3.10. The van der Waals surface area contributed by atoms with Crippen LogP contribution < -0.4 is 0 Å². The van der Waals surface area contributed by atoms with E-state index in [-0.39, 0.29) is 0 Å². The van der Waals surface area contributed by atoms with Gasteiger partial charge in [0, 0.05) is 0 Å². The molecule has 0 radical (unpaired) electrons. The van der Waals surface area contributed by atoms with Crippen molar-refractivity contribution in [3.05, 3.63) is 0 Å². The van der Waals surface area contributed by atoms with Crippen molar-refractivity contribution in [2.75, 3.05) is 0 Å². The lowest BCUT2D eigenvalue weighted by atomic mass is 9.70. The Labute approximate surface area is 149 Å². The number of fused-ring (bicyclic) bond motifs is 1. The van der Waals surface area contributed by atoms with Crippen LogP contribution in [0.1, 0.15) is 0 Å². The smallest absolute Gasteiger partial charge is 0.219 e. The van der Waals surface area contributed by atoms with Crippen LogP contribution in [0.2, 0.25) is 0 Å². The van der Waals surface area contributed by atoms with Crippen LogP contribution in [0.25, 0.3) is 0 Å². The van der Waals surface area contributed by atoms with Gasteiger partial charge in [-0.25, -0.2) is 8.78 Å². The van der Waals surface area contributed by atoms with Crippen molar-refractivity contribution in [1.82, 2.24) is 4.90 Å². The van der Waals surface area contributed by atoms with Gasteiger partial charge in [-0.3, -0.25) is 0 Å². The van der Waals surface area contributed by atoms with E-state index in [1.807, 2.05) is 0 Å². The molecule has 178 valence electrons. The molecule has 0 bridgehead atoms. The van der Waals surface area contributed by atoms with Gasteiger partial charge in [0.05, 0.1) is 0 Å². The molecule has 0 aromatic carbocycles. The quantitative estimate of drug-likeness (QED) is 0.312. The SMILES string of the molecule is FC(F)(F)C1(F)C(F)(F)C(F)(F)N2C(F)(F)C(F)(F)C(F)(F)C(F)(F)C2(F)C1(F)F. The lowest BCUT2D eigenvalue weighted by molar-refractivity contribution is -0.592. The van der Waals surface area contributed by atoms with Crippen molar-refractivity contribution in [3.63, 3.8) is 0 Å². The third-order valence-electron chi connectivity index (χ3n) is 4.50. The number of piperidine rings is 2. The highest BCUT2D eigenvalue weighted by molar-refractivity contribution is 5.33. The molecule has 20 heteroatoms. The van der Waals surface area contributed by atoms with Gasteiger partial charge in [0.15, 0.2) is 0 Å². The van der Waals surface area contributed by atoms with Crippen LogP contribution in [0.15, 0.2) is 0 Å². The first-order chi connectivity index (χ1) is 12.6. The van der Waals surface area contributed by atoms with E-state index < -0.39 is 64.2 Å². The first-order valence-electron chi connectivity index (χ1n) is 6.51. The molecule has 0 aliphatic carbocycles. The van der Waals surface area contributed by atoms with Crippen LogP contribution in [0, 0.1) is 0 Å². The van der Waals surface area contributed by atoms with Crippen LogP contribution >= 0.6 is 0 Å².